The third-order valence-corrected chi connectivity index (χ3v) is 2.51. The van der Waals surface area contributed by atoms with Crippen LogP contribution in [-0.4, -0.2) is 11.6 Å². The molecule has 1 aliphatic rings. The minimum Gasteiger partial charge on any atom is -0.460 e. The molecule has 0 aromatic rings. The Bertz CT molecular complexity index is 244. The Kier molecular flexibility index (Phi) is 3.95. The lowest BCUT2D eigenvalue weighted by Crippen LogP contribution is -2.23. The molecule has 0 saturated heterocycles. The average Bonchev–Trinajstić information content (AvgIpc) is 2.81. The first-order chi connectivity index (χ1) is 6.88. The highest BCUT2D eigenvalue weighted by molar-refractivity contribution is 5.71. The maximum absolute atomic E-state index is 11.4. The fourth-order valence-corrected chi connectivity index (χ4v) is 1.54. The van der Waals surface area contributed by atoms with E-state index in [-0.39, 0.29) is 11.6 Å². The molecule has 1 fully saturated rings. The lowest BCUT2D eigenvalue weighted by molar-refractivity contribution is -0.153. The van der Waals surface area contributed by atoms with E-state index in [2.05, 4.69) is 13.0 Å². The second kappa shape index (κ2) is 4.82. The molecule has 0 radical (unpaired) electrons. The van der Waals surface area contributed by atoms with Crippen LogP contribution in [0.15, 0.2) is 12.2 Å². The van der Waals surface area contributed by atoms with E-state index >= 15 is 0 Å². The minimum absolute atomic E-state index is 0.137. The quantitative estimate of drug-likeness (QED) is 0.525. The van der Waals surface area contributed by atoms with Crippen molar-refractivity contribution >= 4 is 5.97 Å². The van der Waals surface area contributed by atoms with Gasteiger partial charge in [0, 0.05) is 0 Å². The zero-order chi connectivity index (χ0) is 11.5. The van der Waals surface area contributed by atoms with Gasteiger partial charge in [-0.25, -0.2) is 0 Å². The monoisotopic (exact) mass is 210 g/mol. The van der Waals surface area contributed by atoms with Crippen LogP contribution in [0.25, 0.3) is 0 Å². The van der Waals surface area contributed by atoms with Gasteiger partial charge in [0.05, 0.1) is 6.42 Å². The maximum atomic E-state index is 11.4. The highest BCUT2D eigenvalue weighted by atomic mass is 16.6. The normalized spacial score (nSPS) is 19.2. The molecule has 86 valence electrons. The van der Waals surface area contributed by atoms with E-state index in [4.69, 9.17) is 4.74 Å². The SMILES string of the molecule is CC(/C=C/CC(=O)OC(C)(C)C)C1CC1. The smallest absolute Gasteiger partial charge is 0.310 e. The van der Waals surface area contributed by atoms with E-state index < -0.39 is 0 Å². The third-order valence-electron chi connectivity index (χ3n) is 2.51. The van der Waals surface area contributed by atoms with Crippen molar-refractivity contribution in [3.8, 4) is 0 Å². The fourth-order valence-electron chi connectivity index (χ4n) is 1.54. The van der Waals surface area contributed by atoms with Gasteiger partial charge < -0.3 is 4.74 Å². The predicted molar refractivity (Wildman–Crippen MR) is 61.5 cm³/mol. The van der Waals surface area contributed by atoms with Crippen LogP contribution in [0.2, 0.25) is 0 Å². The average molecular weight is 210 g/mol. The molecule has 2 nitrogen and oxygen atoms in total. The Balaban J connectivity index is 2.20. The number of carbonyl (C=O) groups excluding carboxylic acids is 1. The van der Waals surface area contributed by atoms with Gasteiger partial charge in [0.25, 0.3) is 0 Å². The van der Waals surface area contributed by atoms with Gasteiger partial charge in [0.1, 0.15) is 5.60 Å². The first kappa shape index (κ1) is 12.3. The second-order valence-electron chi connectivity index (χ2n) is 5.42. The molecule has 0 amide bonds. The Hall–Kier alpha value is -0.790. The van der Waals surface area contributed by atoms with Gasteiger partial charge in [-0.3, -0.25) is 4.79 Å². The van der Waals surface area contributed by atoms with E-state index in [1.165, 1.54) is 12.8 Å². The summed E-state index contributed by atoms with van der Waals surface area (Å²) in [5.74, 6) is 1.34. The van der Waals surface area contributed by atoms with E-state index in [0.717, 1.165) is 5.92 Å². The van der Waals surface area contributed by atoms with Crippen molar-refractivity contribution in [1.82, 2.24) is 0 Å². The van der Waals surface area contributed by atoms with E-state index in [1.807, 2.05) is 26.8 Å². The van der Waals surface area contributed by atoms with Crippen molar-refractivity contribution in [2.75, 3.05) is 0 Å². The van der Waals surface area contributed by atoms with Crippen LogP contribution in [0, 0.1) is 11.8 Å². The number of allylic oxidation sites excluding steroid dienone is 1. The zero-order valence-corrected chi connectivity index (χ0v) is 10.2. The minimum atomic E-state index is -0.368. The maximum Gasteiger partial charge on any atom is 0.310 e. The fraction of sp³-hybridized carbons (Fsp3) is 0.769. The van der Waals surface area contributed by atoms with Crippen molar-refractivity contribution in [2.24, 2.45) is 11.8 Å². The first-order valence-electron chi connectivity index (χ1n) is 5.77. The summed E-state index contributed by atoms with van der Waals surface area (Å²) in [4.78, 5) is 11.4. The summed E-state index contributed by atoms with van der Waals surface area (Å²) in [6.45, 7) is 7.88. The molecule has 15 heavy (non-hydrogen) atoms. The lowest BCUT2D eigenvalue weighted by Gasteiger charge is -2.18. The van der Waals surface area contributed by atoms with Crippen LogP contribution in [0.5, 0.6) is 0 Å². The van der Waals surface area contributed by atoms with Crippen LogP contribution in [0.3, 0.4) is 0 Å². The van der Waals surface area contributed by atoms with Gasteiger partial charge in [-0.05, 0) is 45.4 Å². The molecule has 0 aromatic heterocycles. The molecule has 1 atom stereocenters. The number of ether oxygens (including phenoxy) is 1. The number of hydrogen-bond donors (Lipinski definition) is 0. The summed E-state index contributed by atoms with van der Waals surface area (Å²) < 4.78 is 5.21. The summed E-state index contributed by atoms with van der Waals surface area (Å²) in [5.41, 5.74) is -0.368. The lowest BCUT2D eigenvalue weighted by atomic mass is 10.1. The Morgan fingerprint density at radius 3 is 2.53 bits per heavy atom. The molecule has 0 aromatic carbocycles. The molecular weight excluding hydrogens is 188 g/mol. The van der Waals surface area contributed by atoms with Crippen molar-refractivity contribution in [3.05, 3.63) is 12.2 Å². The molecule has 0 aliphatic heterocycles. The number of hydrogen-bond acceptors (Lipinski definition) is 2. The van der Waals surface area contributed by atoms with Crippen molar-refractivity contribution in [2.45, 2.75) is 52.6 Å². The molecule has 0 spiro atoms. The molecule has 0 bridgehead atoms. The van der Waals surface area contributed by atoms with Gasteiger partial charge in [-0.1, -0.05) is 19.1 Å². The van der Waals surface area contributed by atoms with Gasteiger partial charge in [-0.15, -0.1) is 0 Å². The van der Waals surface area contributed by atoms with Crippen molar-refractivity contribution in [1.29, 1.82) is 0 Å². The number of carbonyl (C=O) groups is 1. The predicted octanol–water partition coefficient (Wildman–Crippen LogP) is 3.32. The largest absolute Gasteiger partial charge is 0.460 e. The van der Waals surface area contributed by atoms with E-state index in [0.29, 0.717) is 12.3 Å². The summed E-state index contributed by atoms with van der Waals surface area (Å²) in [7, 11) is 0. The van der Waals surface area contributed by atoms with Gasteiger partial charge in [-0.2, -0.15) is 0 Å². The molecule has 2 heteroatoms. The zero-order valence-electron chi connectivity index (χ0n) is 10.2. The molecule has 1 saturated carbocycles. The van der Waals surface area contributed by atoms with Crippen LogP contribution < -0.4 is 0 Å². The van der Waals surface area contributed by atoms with Crippen LogP contribution in [0.1, 0.15) is 47.0 Å². The Morgan fingerprint density at radius 1 is 1.47 bits per heavy atom. The highest BCUT2D eigenvalue weighted by Crippen LogP contribution is 2.37. The molecular formula is C13H22O2. The van der Waals surface area contributed by atoms with Gasteiger partial charge in [0.2, 0.25) is 0 Å². The van der Waals surface area contributed by atoms with Crippen LogP contribution >= 0.6 is 0 Å². The van der Waals surface area contributed by atoms with Crippen LogP contribution in [0.4, 0.5) is 0 Å². The molecule has 1 aliphatic carbocycles. The van der Waals surface area contributed by atoms with Gasteiger partial charge in [0.15, 0.2) is 0 Å². The van der Waals surface area contributed by atoms with Gasteiger partial charge >= 0.3 is 5.97 Å². The first-order valence-corrected chi connectivity index (χ1v) is 5.77. The van der Waals surface area contributed by atoms with Crippen LogP contribution in [-0.2, 0) is 9.53 Å². The second-order valence-corrected chi connectivity index (χ2v) is 5.42. The highest BCUT2D eigenvalue weighted by Gasteiger charge is 2.25. The van der Waals surface area contributed by atoms with E-state index in [1.54, 1.807) is 0 Å². The number of esters is 1. The van der Waals surface area contributed by atoms with Crippen molar-refractivity contribution in [3.63, 3.8) is 0 Å². The summed E-state index contributed by atoms with van der Waals surface area (Å²) >= 11 is 0. The standard InChI is InChI=1S/C13H22O2/c1-10(11-8-9-11)6-5-7-12(14)15-13(2,3)4/h5-6,10-11H,7-9H2,1-4H3/b6-5+. The molecule has 0 heterocycles. The van der Waals surface area contributed by atoms with E-state index in [9.17, 15) is 4.79 Å². The Labute approximate surface area is 92.7 Å². The number of rotatable bonds is 4. The topological polar surface area (TPSA) is 26.3 Å². The summed E-state index contributed by atoms with van der Waals surface area (Å²) in [6.07, 6.45) is 7.17. The molecule has 1 rings (SSSR count). The third kappa shape index (κ3) is 5.60. The van der Waals surface area contributed by atoms with Crippen molar-refractivity contribution < 1.29 is 9.53 Å². The molecule has 1 unspecified atom stereocenters. The summed E-state index contributed by atoms with van der Waals surface area (Å²) in [6, 6.07) is 0. The molecule has 0 N–H and O–H groups in total. The Morgan fingerprint density at radius 2 is 2.07 bits per heavy atom. The summed E-state index contributed by atoms with van der Waals surface area (Å²) in [5, 5.41) is 0.